The van der Waals surface area contributed by atoms with Gasteiger partial charge < -0.3 is 0 Å². The quantitative estimate of drug-likeness (QED) is 0.411. The minimum atomic E-state index is -0.499. The van der Waals surface area contributed by atoms with E-state index in [4.69, 9.17) is 0 Å². The Bertz CT molecular complexity index is 1160. The first kappa shape index (κ1) is 14.4. The van der Waals surface area contributed by atoms with Gasteiger partial charge in [0.05, 0.1) is 10.6 Å². The van der Waals surface area contributed by atoms with Crippen molar-refractivity contribution in [2.75, 3.05) is 0 Å². The molecule has 0 aliphatic carbocycles. The predicted octanol–water partition coefficient (Wildman–Crippen LogP) is 2.61. The van der Waals surface area contributed by atoms with Crippen molar-refractivity contribution in [3.05, 3.63) is 62.6 Å². The average Bonchev–Trinajstić information content (AvgIpc) is 2.94. The van der Waals surface area contributed by atoms with Crippen LogP contribution in [0.5, 0.6) is 0 Å². The number of nitrogens with zero attached hydrogens (tertiary/aromatic N) is 5. The Hall–Kier alpha value is -3.20. The number of hydrogen-bond acceptors (Lipinski definition) is 7. The number of thiophene rings is 1. The summed E-state index contributed by atoms with van der Waals surface area (Å²) < 4.78 is 1.59. The van der Waals surface area contributed by atoms with E-state index < -0.39 is 4.92 Å². The number of benzene rings is 1. The van der Waals surface area contributed by atoms with Crippen LogP contribution in [0.15, 0.2) is 41.2 Å². The van der Waals surface area contributed by atoms with E-state index in [1.807, 2.05) is 19.1 Å². The van der Waals surface area contributed by atoms with Crippen LogP contribution in [-0.4, -0.2) is 24.9 Å². The summed E-state index contributed by atoms with van der Waals surface area (Å²) in [6.07, 6.45) is 0. The summed E-state index contributed by atoms with van der Waals surface area (Å²) in [5.41, 5.74) is 1.42. The SMILES string of the molecule is Cc1ccc2c(n1)sc1c(=O)n(-c3ccc([N+](=O)[O-])cc3)nnc12. The molecule has 0 atom stereocenters. The number of nitro benzene ring substituents is 1. The standard InChI is InChI=1S/C15H9N5O3S/c1-8-2-7-11-12-13(24-14(11)16-8)15(21)19(18-17-12)9-3-5-10(6-4-9)20(22)23/h2-7H,1H3. The van der Waals surface area contributed by atoms with E-state index in [1.54, 1.807) is 0 Å². The Morgan fingerprint density at radius 2 is 1.92 bits per heavy atom. The number of rotatable bonds is 2. The summed E-state index contributed by atoms with van der Waals surface area (Å²) in [4.78, 5) is 28.1. The molecule has 0 N–H and O–H groups in total. The zero-order valence-electron chi connectivity index (χ0n) is 12.3. The molecule has 4 aromatic rings. The van der Waals surface area contributed by atoms with E-state index in [2.05, 4.69) is 15.3 Å². The van der Waals surface area contributed by atoms with Gasteiger partial charge in [-0.05, 0) is 31.2 Å². The second-order valence-electron chi connectivity index (χ2n) is 5.17. The van der Waals surface area contributed by atoms with E-state index in [1.165, 1.54) is 35.6 Å². The van der Waals surface area contributed by atoms with E-state index in [9.17, 15) is 14.9 Å². The summed E-state index contributed by atoms with van der Waals surface area (Å²) in [6.45, 7) is 1.88. The number of aromatic nitrogens is 4. The molecule has 0 saturated carbocycles. The molecule has 0 fully saturated rings. The lowest BCUT2D eigenvalue weighted by atomic mass is 10.2. The Kier molecular flexibility index (Phi) is 3.10. The van der Waals surface area contributed by atoms with Gasteiger partial charge in [0.2, 0.25) is 0 Å². The fraction of sp³-hybridized carbons (Fsp3) is 0.0667. The van der Waals surface area contributed by atoms with Gasteiger partial charge in [0, 0.05) is 23.2 Å². The summed E-state index contributed by atoms with van der Waals surface area (Å²) in [7, 11) is 0. The van der Waals surface area contributed by atoms with E-state index >= 15 is 0 Å². The van der Waals surface area contributed by atoms with Gasteiger partial charge in [-0.1, -0.05) is 5.21 Å². The fourth-order valence-electron chi connectivity index (χ4n) is 2.41. The van der Waals surface area contributed by atoms with Crippen LogP contribution in [0.2, 0.25) is 0 Å². The Morgan fingerprint density at radius 3 is 2.62 bits per heavy atom. The zero-order chi connectivity index (χ0) is 16.8. The number of fused-ring (bicyclic) bond motifs is 3. The minimum Gasteiger partial charge on any atom is -0.266 e. The molecule has 0 spiro atoms. The third kappa shape index (κ3) is 2.14. The molecule has 0 radical (unpaired) electrons. The normalized spacial score (nSPS) is 11.2. The van der Waals surface area contributed by atoms with Crippen LogP contribution < -0.4 is 5.56 Å². The molecule has 0 aliphatic rings. The van der Waals surface area contributed by atoms with Crippen molar-refractivity contribution < 1.29 is 4.92 Å². The van der Waals surface area contributed by atoms with Gasteiger partial charge >= 0.3 is 0 Å². The van der Waals surface area contributed by atoms with Gasteiger partial charge in [0.25, 0.3) is 11.2 Å². The lowest BCUT2D eigenvalue weighted by Gasteiger charge is -2.02. The molecular formula is C15H9N5O3S. The number of hydrogen-bond donors (Lipinski definition) is 0. The Morgan fingerprint density at radius 1 is 1.17 bits per heavy atom. The van der Waals surface area contributed by atoms with Crippen LogP contribution in [0.3, 0.4) is 0 Å². The number of non-ortho nitro benzene ring substituents is 1. The largest absolute Gasteiger partial charge is 0.292 e. The van der Waals surface area contributed by atoms with Gasteiger partial charge in [-0.15, -0.1) is 16.4 Å². The average molecular weight is 339 g/mol. The highest BCUT2D eigenvalue weighted by molar-refractivity contribution is 7.25. The maximum Gasteiger partial charge on any atom is 0.292 e. The highest BCUT2D eigenvalue weighted by Gasteiger charge is 2.15. The van der Waals surface area contributed by atoms with Crippen LogP contribution in [0.1, 0.15) is 5.69 Å². The lowest BCUT2D eigenvalue weighted by molar-refractivity contribution is -0.384. The third-order valence-corrected chi connectivity index (χ3v) is 4.67. The zero-order valence-corrected chi connectivity index (χ0v) is 13.1. The molecule has 0 bridgehead atoms. The molecule has 0 saturated heterocycles. The minimum absolute atomic E-state index is 0.0534. The van der Waals surface area contributed by atoms with Crippen molar-refractivity contribution in [2.45, 2.75) is 6.92 Å². The highest BCUT2D eigenvalue weighted by Crippen LogP contribution is 2.28. The molecule has 4 rings (SSSR count). The van der Waals surface area contributed by atoms with Gasteiger partial charge in [-0.25, -0.2) is 4.98 Å². The van der Waals surface area contributed by atoms with Crippen LogP contribution in [-0.2, 0) is 0 Å². The molecule has 3 aromatic heterocycles. The Balaban J connectivity index is 1.94. The molecule has 3 heterocycles. The van der Waals surface area contributed by atoms with E-state index in [0.717, 1.165) is 20.6 Å². The second kappa shape index (κ2) is 5.17. The molecule has 1 aromatic carbocycles. The Labute approximate surface area is 138 Å². The van der Waals surface area contributed by atoms with Crippen LogP contribution in [0, 0.1) is 17.0 Å². The maximum atomic E-state index is 12.7. The lowest BCUT2D eigenvalue weighted by Crippen LogP contribution is -2.21. The summed E-state index contributed by atoms with van der Waals surface area (Å²) in [5, 5.41) is 19.6. The first-order chi connectivity index (χ1) is 11.5. The van der Waals surface area contributed by atoms with Gasteiger partial charge in [0.15, 0.2) is 0 Å². The topological polar surface area (TPSA) is 104 Å². The highest BCUT2D eigenvalue weighted by atomic mass is 32.1. The maximum absolute atomic E-state index is 12.7. The van der Waals surface area contributed by atoms with Crippen LogP contribution >= 0.6 is 11.3 Å². The molecule has 0 aliphatic heterocycles. The van der Waals surface area contributed by atoms with Crippen molar-refractivity contribution in [1.29, 1.82) is 0 Å². The third-order valence-electron chi connectivity index (χ3n) is 3.59. The smallest absolute Gasteiger partial charge is 0.266 e. The summed E-state index contributed by atoms with van der Waals surface area (Å²) >= 11 is 1.26. The van der Waals surface area contributed by atoms with E-state index in [-0.39, 0.29) is 11.2 Å². The molecule has 8 nitrogen and oxygen atoms in total. The monoisotopic (exact) mass is 339 g/mol. The van der Waals surface area contributed by atoms with Crippen LogP contribution in [0.4, 0.5) is 5.69 Å². The molecule has 0 unspecified atom stereocenters. The van der Waals surface area contributed by atoms with Gasteiger partial charge in [-0.2, -0.15) is 4.68 Å². The second-order valence-corrected chi connectivity index (χ2v) is 6.16. The fourth-order valence-corrected chi connectivity index (χ4v) is 3.49. The first-order valence-corrected chi connectivity index (χ1v) is 7.77. The summed E-state index contributed by atoms with van der Waals surface area (Å²) in [5.74, 6) is 0. The van der Waals surface area contributed by atoms with Crippen molar-refractivity contribution in [2.24, 2.45) is 0 Å². The van der Waals surface area contributed by atoms with Crippen LogP contribution in [0.25, 0.3) is 26.1 Å². The van der Waals surface area contributed by atoms with Crippen molar-refractivity contribution in [3.63, 3.8) is 0 Å². The van der Waals surface area contributed by atoms with E-state index in [0.29, 0.717) is 15.9 Å². The predicted molar refractivity (Wildman–Crippen MR) is 89.7 cm³/mol. The summed E-state index contributed by atoms with van der Waals surface area (Å²) in [6, 6.07) is 9.32. The molecule has 0 amide bonds. The first-order valence-electron chi connectivity index (χ1n) is 6.95. The number of nitro groups is 1. The van der Waals surface area contributed by atoms with Crippen molar-refractivity contribution in [1.82, 2.24) is 20.0 Å². The van der Waals surface area contributed by atoms with Gasteiger partial charge in [0.1, 0.15) is 15.0 Å². The molecule has 24 heavy (non-hydrogen) atoms. The van der Waals surface area contributed by atoms with Gasteiger partial charge in [-0.3, -0.25) is 14.9 Å². The molecular weight excluding hydrogens is 330 g/mol. The number of aryl methyl sites for hydroxylation is 1. The number of pyridine rings is 1. The van der Waals surface area contributed by atoms with Crippen molar-refractivity contribution >= 4 is 37.5 Å². The van der Waals surface area contributed by atoms with Crippen molar-refractivity contribution in [3.8, 4) is 5.69 Å². The molecule has 9 heteroatoms. The molecule has 118 valence electrons.